The summed E-state index contributed by atoms with van der Waals surface area (Å²) >= 11 is 5.94. The van der Waals surface area contributed by atoms with Crippen molar-refractivity contribution >= 4 is 39.9 Å². The predicted octanol–water partition coefficient (Wildman–Crippen LogP) is 4.82. The van der Waals surface area contributed by atoms with Crippen LogP contribution in [0.3, 0.4) is 0 Å². The SMILES string of the molecule is CC[C@@H](Nc1cc(F)cc(Cl)c1)C(=O)C[C@@H]1CCCN(c2ncnc3[nH]ccc23)C1. The van der Waals surface area contributed by atoms with Gasteiger partial charge in [0.05, 0.1) is 11.4 Å². The summed E-state index contributed by atoms with van der Waals surface area (Å²) in [6, 6.07) is 5.87. The fourth-order valence-electron chi connectivity index (χ4n) is 4.21. The number of anilines is 2. The van der Waals surface area contributed by atoms with E-state index in [1.54, 1.807) is 12.4 Å². The fraction of sp³-hybridized carbons (Fsp3) is 0.409. The summed E-state index contributed by atoms with van der Waals surface area (Å²) in [5.41, 5.74) is 1.35. The van der Waals surface area contributed by atoms with Gasteiger partial charge in [-0.2, -0.15) is 0 Å². The molecule has 4 rings (SSSR count). The second-order valence-electron chi connectivity index (χ2n) is 7.83. The molecule has 0 aliphatic carbocycles. The molecule has 0 unspecified atom stereocenters. The Morgan fingerprint density at radius 1 is 1.40 bits per heavy atom. The molecule has 8 heteroatoms. The average molecular weight is 430 g/mol. The number of carbonyl (C=O) groups is 1. The predicted molar refractivity (Wildman–Crippen MR) is 118 cm³/mol. The Morgan fingerprint density at radius 3 is 3.07 bits per heavy atom. The zero-order chi connectivity index (χ0) is 21.1. The number of rotatable bonds is 7. The maximum absolute atomic E-state index is 13.6. The summed E-state index contributed by atoms with van der Waals surface area (Å²) in [6.07, 6.45) is 6.56. The van der Waals surface area contributed by atoms with E-state index in [1.165, 1.54) is 12.1 Å². The van der Waals surface area contributed by atoms with Gasteiger partial charge in [-0.25, -0.2) is 14.4 Å². The Kier molecular flexibility index (Phi) is 6.18. The molecular weight excluding hydrogens is 405 g/mol. The fourth-order valence-corrected chi connectivity index (χ4v) is 4.43. The first-order valence-electron chi connectivity index (χ1n) is 10.3. The summed E-state index contributed by atoms with van der Waals surface area (Å²) in [5.74, 6) is 0.885. The van der Waals surface area contributed by atoms with Crippen LogP contribution >= 0.6 is 11.6 Å². The van der Waals surface area contributed by atoms with Crippen LogP contribution in [0.5, 0.6) is 0 Å². The molecular formula is C22H25ClFN5O. The third kappa shape index (κ3) is 4.56. The number of ketones is 1. The number of hydrogen-bond acceptors (Lipinski definition) is 5. The molecule has 2 aromatic heterocycles. The van der Waals surface area contributed by atoms with E-state index in [0.29, 0.717) is 23.6 Å². The number of hydrogen-bond donors (Lipinski definition) is 2. The van der Waals surface area contributed by atoms with Crippen molar-refractivity contribution in [3.63, 3.8) is 0 Å². The lowest BCUT2D eigenvalue weighted by molar-refractivity contribution is -0.120. The Labute approximate surface area is 179 Å². The van der Waals surface area contributed by atoms with E-state index in [-0.39, 0.29) is 17.7 Å². The van der Waals surface area contributed by atoms with Gasteiger partial charge in [-0.05, 0) is 49.4 Å². The van der Waals surface area contributed by atoms with Gasteiger partial charge in [-0.15, -0.1) is 0 Å². The van der Waals surface area contributed by atoms with Crippen LogP contribution in [0.25, 0.3) is 11.0 Å². The number of halogens is 2. The monoisotopic (exact) mass is 429 g/mol. The zero-order valence-electron chi connectivity index (χ0n) is 16.9. The molecule has 1 aromatic carbocycles. The van der Waals surface area contributed by atoms with Gasteiger partial charge in [0.2, 0.25) is 0 Å². The van der Waals surface area contributed by atoms with Gasteiger partial charge < -0.3 is 15.2 Å². The number of Topliss-reactive ketones (excluding diaryl/α,β-unsaturated/α-hetero) is 1. The van der Waals surface area contributed by atoms with E-state index in [9.17, 15) is 9.18 Å². The van der Waals surface area contributed by atoms with Crippen molar-refractivity contribution in [3.8, 4) is 0 Å². The highest BCUT2D eigenvalue weighted by Gasteiger charge is 2.27. The topological polar surface area (TPSA) is 73.9 Å². The van der Waals surface area contributed by atoms with E-state index in [2.05, 4.69) is 25.2 Å². The zero-order valence-corrected chi connectivity index (χ0v) is 17.6. The lowest BCUT2D eigenvalue weighted by Crippen LogP contribution is -2.39. The number of H-pyrrole nitrogens is 1. The van der Waals surface area contributed by atoms with Crippen LogP contribution < -0.4 is 10.2 Å². The number of nitrogens with one attached hydrogen (secondary N) is 2. The summed E-state index contributed by atoms with van der Waals surface area (Å²) < 4.78 is 13.6. The van der Waals surface area contributed by atoms with Crippen molar-refractivity contribution in [1.29, 1.82) is 0 Å². The molecule has 0 radical (unpaired) electrons. The van der Waals surface area contributed by atoms with Crippen LogP contribution in [0.15, 0.2) is 36.8 Å². The molecule has 0 amide bonds. The smallest absolute Gasteiger partial charge is 0.155 e. The molecule has 1 saturated heterocycles. The third-order valence-corrected chi connectivity index (χ3v) is 5.86. The van der Waals surface area contributed by atoms with Gasteiger partial charge >= 0.3 is 0 Å². The normalized spacial score (nSPS) is 17.8. The summed E-state index contributed by atoms with van der Waals surface area (Å²) in [7, 11) is 0. The highest BCUT2D eigenvalue weighted by molar-refractivity contribution is 6.30. The molecule has 0 bridgehead atoms. The molecule has 158 valence electrons. The van der Waals surface area contributed by atoms with Crippen molar-refractivity contribution < 1.29 is 9.18 Å². The number of fused-ring (bicyclic) bond motifs is 1. The summed E-state index contributed by atoms with van der Waals surface area (Å²) in [6.45, 7) is 3.65. The average Bonchev–Trinajstić information content (AvgIpc) is 3.20. The summed E-state index contributed by atoms with van der Waals surface area (Å²) in [5, 5.41) is 4.46. The Morgan fingerprint density at radius 2 is 2.27 bits per heavy atom. The lowest BCUT2D eigenvalue weighted by atomic mass is 9.90. The maximum Gasteiger partial charge on any atom is 0.155 e. The Hall–Kier alpha value is -2.67. The van der Waals surface area contributed by atoms with Crippen molar-refractivity contribution in [2.24, 2.45) is 5.92 Å². The van der Waals surface area contributed by atoms with Gasteiger partial charge in [0.1, 0.15) is 23.6 Å². The molecule has 0 saturated carbocycles. The molecule has 30 heavy (non-hydrogen) atoms. The number of aromatic nitrogens is 3. The summed E-state index contributed by atoms with van der Waals surface area (Å²) in [4.78, 5) is 27.1. The minimum Gasteiger partial charge on any atom is -0.375 e. The molecule has 3 aromatic rings. The van der Waals surface area contributed by atoms with Gasteiger partial charge in [-0.1, -0.05) is 18.5 Å². The van der Waals surface area contributed by atoms with Crippen molar-refractivity contribution in [3.05, 3.63) is 47.6 Å². The van der Waals surface area contributed by atoms with Crippen LogP contribution in [-0.4, -0.2) is 39.9 Å². The number of aromatic amines is 1. The highest BCUT2D eigenvalue weighted by atomic mass is 35.5. The molecule has 6 nitrogen and oxygen atoms in total. The number of carbonyl (C=O) groups excluding carboxylic acids is 1. The van der Waals surface area contributed by atoms with Crippen LogP contribution in [0.4, 0.5) is 15.9 Å². The van der Waals surface area contributed by atoms with Crippen molar-refractivity contribution in [1.82, 2.24) is 15.0 Å². The number of piperidine rings is 1. The van der Waals surface area contributed by atoms with E-state index >= 15 is 0 Å². The first-order chi connectivity index (χ1) is 14.5. The van der Waals surface area contributed by atoms with E-state index < -0.39 is 5.82 Å². The first kappa shape index (κ1) is 20.6. The molecule has 2 N–H and O–H groups in total. The van der Waals surface area contributed by atoms with E-state index in [4.69, 9.17) is 11.6 Å². The van der Waals surface area contributed by atoms with E-state index in [0.717, 1.165) is 42.8 Å². The van der Waals surface area contributed by atoms with Gasteiger partial charge in [0.15, 0.2) is 5.78 Å². The van der Waals surface area contributed by atoms with Crippen LogP contribution in [0, 0.1) is 11.7 Å². The Balaban J connectivity index is 1.42. The first-order valence-corrected chi connectivity index (χ1v) is 10.7. The second-order valence-corrected chi connectivity index (χ2v) is 8.26. The molecule has 3 heterocycles. The Bertz CT molecular complexity index is 1020. The van der Waals surface area contributed by atoms with Crippen molar-refractivity contribution in [2.45, 2.75) is 38.6 Å². The molecule has 0 spiro atoms. The van der Waals surface area contributed by atoms with Crippen LogP contribution in [-0.2, 0) is 4.79 Å². The van der Waals surface area contributed by atoms with Gasteiger partial charge in [0, 0.05) is 36.4 Å². The third-order valence-electron chi connectivity index (χ3n) is 5.64. The molecule has 2 atom stereocenters. The van der Waals surface area contributed by atoms with Gasteiger partial charge in [0.25, 0.3) is 0 Å². The maximum atomic E-state index is 13.6. The standard InChI is InChI=1S/C22H25ClFN5O/c1-2-19(28-17-10-15(23)9-16(24)11-17)20(30)8-14-4-3-7-29(12-14)22-18-5-6-25-21(18)26-13-27-22/h5-6,9-11,13-14,19,28H,2-4,7-8,12H2,1H3,(H,25,26,27)/t14-,19+/m0/s1. The number of benzene rings is 1. The van der Waals surface area contributed by atoms with E-state index in [1.807, 2.05) is 19.2 Å². The van der Waals surface area contributed by atoms with Crippen LogP contribution in [0.2, 0.25) is 5.02 Å². The largest absolute Gasteiger partial charge is 0.375 e. The van der Waals surface area contributed by atoms with Crippen molar-refractivity contribution in [2.75, 3.05) is 23.3 Å². The van der Waals surface area contributed by atoms with Gasteiger partial charge in [-0.3, -0.25) is 4.79 Å². The minimum absolute atomic E-state index is 0.138. The quantitative estimate of drug-likeness (QED) is 0.563. The number of nitrogens with zero attached hydrogens (tertiary/aromatic N) is 3. The second kappa shape index (κ2) is 9.00. The minimum atomic E-state index is -0.420. The molecule has 1 aliphatic rings. The molecule has 1 fully saturated rings. The van der Waals surface area contributed by atoms with Crippen LogP contribution in [0.1, 0.15) is 32.6 Å². The molecule has 1 aliphatic heterocycles. The highest BCUT2D eigenvalue weighted by Crippen LogP contribution is 2.29. The lowest BCUT2D eigenvalue weighted by Gasteiger charge is -2.34.